The summed E-state index contributed by atoms with van der Waals surface area (Å²) >= 11 is 0. The molecule has 0 spiro atoms. The number of hydrogen-bond acceptors (Lipinski definition) is 3. The lowest BCUT2D eigenvalue weighted by Gasteiger charge is -2.24. The number of hydrogen-bond donors (Lipinski definition) is 1. The summed E-state index contributed by atoms with van der Waals surface area (Å²) in [6, 6.07) is 4.88. The van der Waals surface area contributed by atoms with Crippen LogP contribution in [-0.4, -0.2) is 37.3 Å². The van der Waals surface area contributed by atoms with E-state index in [1.54, 1.807) is 18.2 Å². The second-order valence-electron chi connectivity index (χ2n) is 4.34. The molecule has 1 aromatic rings. The van der Waals surface area contributed by atoms with Crippen molar-refractivity contribution in [1.82, 2.24) is 4.90 Å². The third-order valence-electron chi connectivity index (χ3n) is 3.12. The van der Waals surface area contributed by atoms with Crippen molar-refractivity contribution in [1.29, 1.82) is 0 Å². The van der Waals surface area contributed by atoms with Gasteiger partial charge in [0.1, 0.15) is 5.60 Å². The molecule has 2 rings (SSSR count). The van der Waals surface area contributed by atoms with Crippen LogP contribution in [0.5, 0.6) is 5.75 Å². The van der Waals surface area contributed by atoms with E-state index >= 15 is 0 Å². The molecular formula is C12H16FNO2. The molecule has 0 aromatic heterocycles. The van der Waals surface area contributed by atoms with Gasteiger partial charge in [0.2, 0.25) is 0 Å². The Morgan fingerprint density at radius 3 is 2.81 bits per heavy atom. The van der Waals surface area contributed by atoms with Crippen LogP contribution < -0.4 is 4.74 Å². The van der Waals surface area contributed by atoms with Crippen molar-refractivity contribution in [2.24, 2.45) is 0 Å². The average molecular weight is 225 g/mol. The summed E-state index contributed by atoms with van der Waals surface area (Å²) in [6.45, 7) is 1.23. The summed E-state index contributed by atoms with van der Waals surface area (Å²) in [4.78, 5) is 1.99. The molecule has 1 fully saturated rings. The predicted octanol–water partition coefficient (Wildman–Crippen LogP) is 1.36. The number of rotatable bonds is 2. The fraction of sp³-hybridized carbons (Fsp3) is 0.500. The number of likely N-dealkylation sites (tertiary alicyclic amines) is 1. The summed E-state index contributed by atoms with van der Waals surface area (Å²) in [5, 5.41) is 10.4. The van der Waals surface area contributed by atoms with Gasteiger partial charge in [-0.15, -0.1) is 0 Å². The van der Waals surface area contributed by atoms with Gasteiger partial charge in [-0.05, 0) is 19.5 Å². The van der Waals surface area contributed by atoms with Gasteiger partial charge < -0.3 is 14.7 Å². The molecule has 1 heterocycles. The highest BCUT2D eigenvalue weighted by molar-refractivity contribution is 5.35. The molecule has 1 aliphatic rings. The number of benzene rings is 1. The standard InChI is InChI=1S/C12H16FNO2/c1-14-7-6-12(15,8-14)9-4-3-5-10(16-2)11(9)13/h3-5,15H,6-8H2,1-2H3. The second kappa shape index (κ2) is 4.03. The molecule has 3 nitrogen and oxygen atoms in total. The van der Waals surface area contributed by atoms with Crippen molar-refractivity contribution in [2.45, 2.75) is 12.0 Å². The molecule has 1 aliphatic heterocycles. The molecule has 4 heteroatoms. The largest absolute Gasteiger partial charge is 0.494 e. The van der Waals surface area contributed by atoms with Crippen LogP contribution in [0.3, 0.4) is 0 Å². The topological polar surface area (TPSA) is 32.7 Å². The molecule has 1 N–H and O–H groups in total. The fourth-order valence-corrected chi connectivity index (χ4v) is 2.23. The Kier molecular flexibility index (Phi) is 2.86. The van der Waals surface area contributed by atoms with Crippen molar-refractivity contribution in [3.63, 3.8) is 0 Å². The fourth-order valence-electron chi connectivity index (χ4n) is 2.23. The van der Waals surface area contributed by atoms with Crippen LogP contribution in [0.4, 0.5) is 4.39 Å². The quantitative estimate of drug-likeness (QED) is 0.825. The molecule has 0 amide bonds. The highest BCUT2D eigenvalue weighted by Gasteiger charge is 2.38. The minimum absolute atomic E-state index is 0.181. The first-order chi connectivity index (χ1) is 7.57. The van der Waals surface area contributed by atoms with Crippen LogP contribution in [0.1, 0.15) is 12.0 Å². The Labute approximate surface area is 94.4 Å². The van der Waals surface area contributed by atoms with Gasteiger partial charge in [0.25, 0.3) is 0 Å². The van der Waals surface area contributed by atoms with Crippen LogP contribution in [0.25, 0.3) is 0 Å². The molecule has 88 valence electrons. The van der Waals surface area contributed by atoms with Gasteiger partial charge in [0.05, 0.1) is 7.11 Å². The zero-order valence-electron chi connectivity index (χ0n) is 9.53. The Balaban J connectivity index is 2.40. The molecule has 0 aliphatic carbocycles. The summed E-state index contributed by atoms with van der Waals surface area (Å²) in [6.07, 6.45) is 0.549. The molecule has 1 aromatic carbocycles. The van der Waals surface area contributed by atoms with E-state index in [0.29, 0.717) is 18.5 Å². The maximum atomic E-state index is 14.0. The predicted molar refractivity (Wildman–Crippen MR) is 59.0 cm³/mol. The zero-order valence-corrected chi connectivity index (χ0v) is 9.53. The lowest BCUT2D eigenvalue weighted by molar-refractivity contribution is 0.0447. The normalized spacial score (nSPS) is 26.0. The van der Waals surface area contributed by atoms with E-state index in [-0.39, 0.29) is 5.75 Å². The minimum Gasteiger partial charge on any atom is -0.494 e. The summed E-state index contributed by atoms with van der Waals surface area (Å²) in [5.41, 5.74) is -0.760. The van der Waals surface area contributed by atoms with Gasteiger partial charge in [-0.25, -0.2) is 4.39 Å². The zero-order chi connectivity index (χ0) is 11.8. The maximum absolute atomic E-state index is 14.0. The van der Waals surface area contributed by atoms with E-state index in [4.69, 9.17) is 4.74 Å². The van der Waals surface area contributed by atoms with Crippen LogP contribution >= 0.6 is 0 Å². The first kappa shape index (κ1) is 11.4. The Bertz CT molecular complexity index is 397. The molecule has 0 bridgehead atoms. The van der Waals surface area contributed by atoms with E-state index < -0.39 is 11.4 Å². The number of nitrogens with zero attached hydrogens (tertiary/aromatic N) is 1. The lowest BCUT2D eigenvalue weighted by atomic mass is 9.92. The Hall–Kier alpha value is -1.13. The highest BCUT2D eigenvalue weighted by atomic mass is 19.1. The van der Waals surface area contributed by atoms with Crippen LogP contribution in [0.15, 0.2) is 18.2 Å². The van der Waals surface area contributed by atoms with Gasteiger partial charge in [0.15, 0.2) is 11.6 Å². The van der Waals surface area contributed by atoms with Gasteiger partial charge in [-0.3, -0.25) is 0 Å². The smallest absolute Gasteiger partial charge is 0.171 e. The second-order valence-corrected chi connectivity index (χ2v) is 4.34. The average Bonchev–Trinajstić information content (AvgIpc) is 2.60. The third kappa shape index (κ3) is 1.79. The van der Waals surface area contributed by atoms with Gasteiger partial charge in [-0.2, -0.15) is 0 Å². The van der Waals surface area contributed by atoms with E-state index in [0.717, 1.165) is 6.54 Å². The lowest BCUT2D eigenvalue weighted by Crippen LogP contribution is -2.30. The maximum Gasteiger partial charge on any atom is 0.171 e. The summed E-state index contributed by atoms with van der Waals surface area (Å²) in [7, 11) is 3.34. The van der Waals surface area contributed by atoms with Crippen molar-refractivity contribution < 1.29 is 14.2 Å². The molecule has 1 atom stereocenters. The molecule has 1 unspecified atom stereocenters. The Morgan fingerprint density at radius 1 is 1.50 bits per heavy atom. The number of ether oxygens (including phenoxy) is 1. The highest BCUT2D eigenvalue weighted by Crippen LogP contribution is 2.35. The Morgan fingerprint density at radius 2 is 2.25 bits per heavy atom. The van der Waals surface area contributed by atoms with E-state index in [1.807, 2.05) is 11.9 Å². The molecule has 16 heavy (non-hydrogen) atoms. The number of β-amino-alcohol motifs (C(OH)–C–C–N with tert-alkyl or cyclic N) is 1. The van der Waals surface area contributed by atoms with Gasteiger partial charge in [0, 0.05) is 18.7 Å². The van der Waals surface area contributed by atoms with Crippen LogP contribution in [-0.2, 0) is 5.60 Å². The summed E-state index contributed by atoms with van der Waals surface area (Å²) in [5.74, 6) is -0.275. The van der Waals surface area contributed by atoms with Gasteiger partial charge in [-0.1, -0.05) is 12.1 Å². The SMILES string of the molecule is COc1cccc(C2(O)CCN(C)C2)c1F. The van der Waals surface area contributed by atoms with Crippen molar-refractivity contribution in [2.75, 3.05) is 27.2 Å². The van der Waals surface area contributed by atoms with E-state index in [1.165, 1.54) is 7.11 Å². The van der Waals surface area contributed by atoms with Crippen LogP contribution in [0, 0.1) is 5.82 Å². The van der Waals surface area contributed by atoms with Crippen molar-refractivity contribution >= 4 is 0 Å². The molecular weight excluding hydrogens is 209 g/mol. The van der Waals surface area contributed by atoms with Crippen molar-refractivity contribution in [3.8, 4) is 5.75 Å². The third-order valence-corrected chi connectivity index (χ3v) is 3.12. The number of methoxy groups -OCH3 is 1. The molecule has 0 saturated carbocycles. The molecule has 0 radical (unpaired) electrons. The van der Waals surface area contributed by atoms with Crippen molar-refractivity contribution in [3.05, 3.63) is 29.6 Å². The number of halogens is 1. The van der Waals surface area contributed by atoms with E-state index in [2.05, 4.69) is 0 Å². The molecule has 1 saturated heterocycles. The monoisotopic (exact) mass is 225 g/mol. The minimum atomic E-state index is -1.09. The first-order valence-corrected chi connectivity index (χ1v) is 5.31. The summed E-state index contributed by atoms with van der Waals surface area (Å²) < 4.78 is 18.9. The number of aliphatic hydroxyl groups is 1. The first-order valence-electron chi connectivity index (χ1n) is 5.31. The number of likely N-dealkylation sites (N-methyl/N-ethyl adjacent to an activating group) is 1. The van der Waals surface area contributed by atoms with E-state index in [9.17, 15) is 9.50 Å². The van der Waals surface area contributed by atoms with Gasteiger partial charge >= 0.3 is 0 Å². The van der Waals surface area contributed by atoms with Crippen LogP contribution in [0.2, 0.25) is 0 Å².